The number of anilines is 1. The molecule has 1 atom stereocenters. The number of hydrazone groups is 1. The summed E-state index contributed by atoms with van der Waals surface area (Å²) in [4.78, 5) is 0. The fourth-order valence-electron chi connectivity index (χ4n) is 3.87. The number of hydrogen-bond acceptors (Lipinski definition) is 4. The number of methoxy groups -OCH3 is 2. The van der Waals surface area contributed by atoms with Crippen molar-refractivity contribution in [2.24, 2.45) is 5.10 Å². The van der Waals surface area contributed by atoms with Crippen LogP contribution >= 0.6 is 0 Å². The summed E-state index contributed by atoms with van der Waals surface area (Å²) in [5, 5.41) is 6.32. The average Bonchev–Trinajstić information content (AvgIpc) is 3.26. The van der Waals surface area contributed by atoms with Gasteiger partial charge in [-0.3, -0.25) is 5.01 Å². The van der Waals surface area contributed by atoms with Crippen LogP contribution in [0.25, 0.3) is 6.08 Å². The molecular formula is C26H23F3N2O2. The Morgan fingerprint density at radius 2 is 1.58 bits per heavy atom. The topological polar surface area (TPSA) is 34.1 Å². The monoisotopic (exact) mass is 452 g/mol. The quantitative estimate of drug-likeness (QED) is 0.415. The highest BCUT2D eigenvalue weighted by Crippen LogP contribution is 2.41. The predicted octanol–water partition coefficient (Wildman–Crippen LogP) is 6.74. The number of rotatable bonds is 6. The van der Waals surface area contributed by atoms with Crippen molar-refractivity contribution in [3.63, 3.8) is 0 Å². The third kappa shape index (κ3) is 4.87. The van der Waals surface area contributed by atoms with Crippen LogP contribution in [0.2, 0.25) is 0 Å². The fraction of sp³-hybridized carbons (Fsp3) is 0.192. The van der Waals surface area contributed by atoms with Gasteiger partial charge in [-0.1, -0.05) is 42.5 Å². The number of hydrogen-bond donors (Lipinski definition) is 0. The zero-order chi connectivity index (χ0) is 23.4. The Hall–Kier alpha value is -3.74. The molecule has 0 N–H and O–H groups in total. The van der Waals surface area contributed by atoms with Crippen LogP contribution in [-0.2, 0) is 6.18 Å². The van der Waals surface area contributed by atoms with E-state index in [1.54, 1.807) is 25.3 Å². The molecule has 4 nitrogen and oxygen atoms in total. The molecule has 0 fully saturated rings. The van der Waals surface area contributed by atoms with Crippen molar-refractivity contribution in [2.75, 3.05) is 19.2 Å². The molecule has 4 rings (SSSR count). The van der Waals surface area contributed by atoms with Crippen LogP contribution in [0.5, 0.6) is 11.5 Å². The van der Waals surface area contributed by atoms with E-state index in [1.165, 1.54) is 6.07 Å². The molecule has 33 heavy (non-hydrogen) atoms. The first-order valence-corrected chi connectivity index (χ1v) is 10.4. The Balaban J connectivity index is 1.74. The molecule has 0 aliphatic carbocycles. The molecule has 1 heterocycles. The van der Waals surface area contributed by atoms with Gasteiger partial charge in [0.1, 0.15) is 11.5 Å². The van der Waals surface area contributed by atoms with E-state index >= 15 is 0 Å². The summed E-state index contributed by atoms with van der Waals surface area (Å²) in [6.07, 6.45) is -0.172. The lowest BCUT2D eigenvalue weighted by atomic mass is 9.99. The summed E-state index contributed by atoms with van der Waals surface area (Å²) in [6, 6.07) is 20.0. The van der Waals surface area contributed by atoms with Gasteiger partial charge in [0.2, 0.25) is 0 Å². The number of nitrogens with zero attached hydrogens (tertiary/aromatic N) is 2. The molecule has 7 heteroatoms. The van der Waals surface area contributed by atoms with Crippen molar-refractivity contribution in [2.45, 2.75) is 18.6 Å². The minimum Gasteiger partial charge on any atom is -0.496 e. The van der Waals surface area contributed by atoms with Crippen molar-refractivity contribution in [1.29, 1.82) is 0 Å². The highest BCUT2D eigenvalue weighted by Gasteiger charge is 2.34. The van der Waals surface area contributed by atoms with Crippen molar-refractivity contribution in [3.8, 4) is 11.5 Å². The van der Waals surface area contributed by atoms with Crippen LogP contribution in [0.4, 0.5) is 18.9 Å². The first-order valence-electron chi connectivity index (χ1n) is 10.4. The van der Waals surface area contributed by atoms with Gasteiger partial charge in [0.05, 0.1) is 37.2 Å². The maximum Gasteiger partial charge on any atom is 0.416 e. The predicted molar refractivity (Wildman–Crippen MR) is 124 cm³/mol. The molecule has 0 amide bonds. The molecule has 0 radical (unpaired) electrons. The lowest BCUT2D eigenvalue weighted by molar-refractivity contribution is -0.137. The number of alkyl halides is 3. The first kappa shape index (κ1) is 22.5. The zero-order valence-electron chi connectivity index (χ0n) is 18.2. The van der Waals surface area contributed by atoms with E-state index in [-0.39, 0.29) is 6.04 Å². The van der Waals surface area contributed by atoms with Gasteiger partial charge < -0.3 is 9.47 Å². The summed E-state index contributed by atoms with van der Waals surface area (Å²) in [5.41, 5.74) is 2.11. The highest BCUT2D eigenvalue weighted by atomic mass is 19.4. The van der Waals surface area contributed by atoms with Crippen LogP contribution in [0.1, 0.15) is 29.2 Å². The van der Waals surface area contributed by atoms with Gasteiger partial charge in [-0.25, -0.2) is 0 Å². The van der Waals surface area contributed by atoms with Gasteiger partial charge in [-0.15, -0.1) is 0 Å². The maximum atomic E-state index is 13.4. The van der Waals surface area contributed by atoms with Crippen LogP contribution in [-0.4, -0.2) is 19.9 Å². The largest absolute Gasteiger partial charge is 0.496 e. The number of para-hydroxylation sites is 2. The molecule has 1 aliphatic rings. The fourth-order valence-corrected chi connectivity index (χ4v) is 3.87. The van der Waals surface area contributed by atoms with E-state index < -0.39 is 11.7 Å². The number of benzene rings is 3. The summed E-state index contributed by atoms with van der Waals surface area (Å²) >= 11 is 0. The van der Waals surface area contributed by atoms with E-state index in [2.05, 4.69) is 5.10 Å². The second-order valence-corrected chi connectivity index (χ2v) is 7.52. The molecule has 0 spiro atoms. The summed E-state index contributed by atoms with van der Waals surface area (Å²) < 4.78 is 51.0. The van der Waals surface area contributed by atoms with Crippen LogP contribution in [0, 0.1) is 0 Å². The van der Waals surface area contributed by atoms with E-state index in [0.29, 0.717) is 17.9 Å². The van der Waals surface area contributed by atoms with E-state index in [9.17, 15) is 13.2 Å². The van der Waals surface area contributed by atoms with E-state index in [4.69, 9.17) is 9.47 Å². The highest BCUT2D eigenvalue weighted by molar-refractivity contribution is 6.01. The molecule has 1 aliphatic heterocycles. The lowest BCUT2D eigenvalue weighted by Crippen LogP contribution is -2.20. The van der Waals surface area contributed by atoms with Crippen molar-refractivity contribution < 1.29 is 22.6 Å². The second kappa shape index (κ2) is 9.40. The molecular weight excluding hydrogens is 429 g/mol. The Bertz CT molecular complexity index is 1190. The SMILES string of the molecule is COc1ccccc1/C=C/C1=NN(c2cccc(C(F)(F)F)c2)[C@H](c2ccccc2OC)C1. The lowest BCUT2D eigenvalue weighted by Gasteiger charge is -2.26. The van der Waals surface area contributed by atoms with Gasteiger partial charge in [-0.2, -0.15) is 18.3 Å². The molecule has 0 aromatic heterocycles. The van der Waals surface area contributed by atoms with E-state index in [1.807, 2.05) is 60.7 Å². The van der Waals surface area contributed by atoms with Crippen molar-refractivity contribution >= 4 is 17.5 Å². The van der Waals surface area contributed by atoms with Gasteiger partial charge in [-0.05, 0) is 42.5 Å². The van der Waals surface area contributed by atoms with Gasteiger partial charge in [0.25, 0.3) is 0 Å². The number of allylic oxidation sites excluding steroid dienone is 1. The Morgan fingerprint density at radius 1 is 0.879 bits per heavy atom. The zero-order valence-corrected chi connectivity index (χ0v) is 18.2. The third-order valence-electron chi connectivity index (χ3n) is 5.46. The van der Waals surface area contributed by atoms with Gasteiger partial charge in [0.15, 0.2) is 0 Å². The van der Waals surface area contributed by atoms with Crippen LogP contribution in [0.3, 0.4) is 0 Å². The summed E-state index contributed by atoms with van der Waals surface area (Å²) in [5.74, 6) is 1.38. The molecule has 0 saturated carbocycles. The summed E-state index contributed by atoms with van der Waals surface area (Å²) in [7, 11) is 3.18. The maximum absolute atomic E-state index is 13.4. The Kier molecular flexibility index (Phi) is 6.40. The number of halogens is 3. The molecule has 0 saturated heterocycles. The van der Waals surface area contributed by atoms with Crippen LogP contribution < -0.4 is 14.5 Å². The Morgan fingerprint density at radius 3 is 2.30 bits per heavy atom. The molecule has 170 valence electrons. The van der Waals surface area contributed by atoms with Gasteiger partial charge in [0, 0.05) is 17.5 Å². The van der Waals surface area contributed by atoms with Crippen LogP contribution in [0.15, 0.2) is 84.0 Å². The molecule has 3 aromatic rings. The smallest absolute Gasteiger partial charge is 0.416 e. The second-order valence-electron chi connectivity index (χ2n) is 7.52. The minimum atomic E-state index is -4.44. The number of ether oxygens (including phenoxy) is 2. The standard InChI is InChI=1S/C26H23F3N2O2/c1-32-24-12-5-3-8-18(24)14-15-20-17-23(22-11-4-6-13-25(22)33-2)31(30-20)21-10-7-9-19(16-21)26(27,28)29/h3-16,23H,17H2,1-2H3/b15-14+/t23-/m0/s1. The average molecular weight is 452 g/mol. The van der Waals surface area contributed by atoms with Crippen molar-refractivity contribution in [3.05, 3.63) is 95.6 Å². The summed E-state index contributed by atoms with van der Waals surface area (Å²) in [6.45, 7) is 0. The van der Waals surface area contributed by atoms with Gasteiger partial charge >= 0.3 is 6.18 Å². The minimum absolute atomic E-state index is 0.318. The molecule has 0 unspecified atom stereocenters. The van der Waals surface area contributed by atoms with E-state index in [0.717, 1.165) is 34.7 Å². The normalized spacial score (nSPS) is 16.2. The third-order valence-corrected chi connectivity index (χ3v) is 5.46. The molecule has 3 aromatic carbocycles. The first-order chi connectivity index (χ1) is 15.9. The van der Waals surface area contributed by atoms with Crippen molar-refractivity contribution in [1.82, 2.24) is 0 Å². The molecule has 0 bridgehead atoms. The Labute approximate surface area is 190 Å².